The first-order valence-electron chi connectivity index (χ1n) is 5.22. The van der Waals surface area contributed by atoms with E-state index in [1.54, 1.807) is 0 Å². The number of aryl methyl sites for hydroxylation is 1. The minimum atomic E-state index is -0.943. The number of aromatic amines is 1. The average molecular weight is 218 g/mol. The van der Waals surface area contributed by atoms with Crippen molar-refractivity contribution < 1.29 is 9.90 Å². The number of hydrogen-bond donors (Lipinski definition) is 3. The zero-order valence-electron chi connectivity index (χ0n) is 8.81. The third kappa shape index (κ3) is 2.06. The van der Waals surface area contributed by atoms with Crippen LogP contribution in [0.15, 0.2) is 30.5 Å². The van der Waals surface area contributed by atoms with Crippen LogP contribution in [-0.4, -0.2) is 22.1 Å². The van der Waals surface area contributed by atoms with Gasteiger partial charge >= 0.3 is 5.97 Å². The summed E-state index contributed by atoms with van der Waals surface area (Å²) in [4.78, 5) is 13.7. The number of carboxylic acids is 1. The van der Waals surface area contributed by atoms with E-state index in [1.807, 2.05) is 30.5 Å². The molecular weight excluding hydrogens is 204 g/mol. The molecule has 0 bridgehead atoms. The standard InChI is InChI=1S/C12H14N2O2/c13-10(12(15)16)5-4-8-2-1-3-11-9(8)6-7-14-11/h1-3,6-7,10,14H,4-5,13H2,(H,15,16). The van der Waals surface area contributed by atoms with Gasteiger partial charge in [0.1, 0.15) is 6.04 Å². The molecule has 0 fully saturated rings. The van der Waals surface area contributed by atoms with Crippen molar-refractivity contribution in [1.29, 1.82) is 0 Å². The normalized spacial score (nSPS) is 12.8. The van der Waals surface area contributed by atoms with Crippen molar-refractivity contribution in [3.8, 4) is 0 Å². The van der Waals surface area contributed by atoms with Crippen LogP contribution in [-0.2, 0) is 11.2 Å². The molecule has 0 spiro atoms. The molecule has 2 rings (SSSR count). The van der Waals surface area contributed by atoms with Crippen LogP contribution in [0.1, 0.15) is 12.0 Å². The molecule has 16 heavy (non-hydrogen) atoms. The first kappa shape index (κ1) is 10.7. The topological polar surface area (TPSA) is 79.1 Å². The summed E-state index contributed by atoms with van der Waals surface area (Å²) < 4.78 is 0. The third-order valence-corrected chi connectivity index (χ3v) is 2.73. The Balaban J connectivity index is 2.15. The Labute approximate surface area is 93.1 Å². The minimum Gasteiger partial charge on any atom is -0.480 e. The number of aliphatic carboxylic acids is 1. The number of carboxylic acid groups (broad SMARTS) is 1. The number of hydrogen-bond acceptors (Lipinski definition) is 2. The summed E-state index contributed by atoms with van der Waals surface area (Å²) >= 11 is 0. The molecule has 4 N–H and O–H groups in total. The Kier molecular flexibility index (Phi) is 2.92. The van der Waals surface area contributed by atoms with E-state index in [1.165, 1.54) is 0 Å². The highest BCUT2D eigenvalue weighted by atomic mass is 16.4. The minimum absolute atomic E-state index is 0.458. The number of H-pyrrole nitrogens is 1. The predicted molar refractivity (Wildman–Crippen MR) is 62.2 cm³/mol. The van der Waals surface area contributed by atoms with Crippen molar-refractivity contribution in [1.82, 2.24) is 4.98 Å². The fourth-order valence-corrected chi connectivity index (χ4v) is 1.80. The maximum Gasteiger partial charge on any atom is 0.320 e. The van der Waals surface area contributed by atoms with Gasteiger partial charge in [-0.2, -0.15) is 0 Å². The Morgan fingerprint density at radius 2 is 2.25 bits per heavy atom. The number of benzene rings is 1. The number of aromatic nitrogens is 1. The monoisotopic (exact) mass is 218 g/mol. The number of carbonyl (C=O) groups is 1. The van der Waals surface area contributed by atoms with E-state index in [9.17, 15) is 4.79 Å². The number of nitrogens with two attached hydrogens (primary N) is 1. The summed E-state index contributed by atoms with van der Waals surface area (Å²) in [5, 5.41) is 9.84. The van der Waals surface area contributed by atoms with Gasteiger partial charge in [-0.1, -0.05) is 12.1 Å². The predicted octanol–water partition coefficient (Wildman–Crippen LogP) is 1.51. The van der Waals surface area contributed by atoms with E-state index in [0.717, 1.165) is 16.5 Å². The van der Waals surface area contributed by atoms with Gasteiger partial charge in [-0.25, -0.2) is 0 Å². The molecule has 4 nitrogen and oxygen atoms in total. The highest BCUT2D eigenvalue weighted by Crippen LogP contribution is 2.18. The first-order valence-corrected chi connectivity index (χ1v) is 5.22. The van der Waals surface area contributed by atoms with Crippen LogP contribution in [0, 0.1) is 0 Å². The van der Waals surface area contributed by atoms with Gasteiger partial charge in [-0.3, -0.25) is 4.79 Å². The average Bonchev–Trinajstić information content (AvgIpc) is 2.73. The molecule has 0 saturated carbocycles. The summed E-state index contributed by atoms with van der Waals surface area (Å²) in [6.07, 6.45) is 3.02. The molecule has 0 aliphatic heterocycles. The summed E-state index contributed by atoms with van der Waals surface area (Å²) in [5.41, 5.74) is 7.68. The lowest BCUT2D eigenvalue weighted by molar-refractivity contribution is -0.138. The van der Waals surface area contributed by atoms with E-state index in [2.05, 4.69) is 4.98 Å². The van der Waals surface area contributed by atoms with Crippen LogP contribution in [0.3, 0.4) is 0 Å². The SMILES string of the molecule is NC(CCc1cccc2[nH]ccc12)C(=O)O. The fraction of sp³-hybridized carbons (Fsp3) is 0.250. The van der Waals surface area contributed by atoms with E-state index >= 15 is 0 Å². The molecule has 2 aromatic rings. The molecule has 84 valence electrons. The highest BCUT2D eigenvalue weighted by Gasteiger charge is 2.11. The number of fused-ring (bicyclic) bond motifs is 1. The molecule has 0 saturated heterocycles. The van der Waals surface area contributed by atoms with Crippen molar-refractivity contribution in [3.05, 3.63) is 36.0 Å². The van der Waals surface area contributed by atoms with Crippen LogP contribution in [0.2, 0.25) is 0 Å². The maximum atomic E-state index is 10.6. The van der Waals surface area contributed by atoms with Gasteiger partial charge in [0.25, 0.3) is 0 Å². The Morgan fingerprint density at radius 1 is 1.44 bits per heavy atom. The maximum absolute atomic E-state index is 10.6. The molecular formula is C12H14N2O2. The summed E-state index contributed by atoms with van der Waals surface area (Å²) in [6, 6.07) is 7.17. The molecule has 0 amide bonds. The molecule has 1 atom stereocenters. The number of rotatable bonds is 4. The molecule has 1 aromatic carbocycles. The summed E-state index contributed by atoms with van der Waals surface area (Å²) in [5.74, 6) is -0.943. The van der Waals surface area contributed by atoms with Crippen molar-refractivity contribution in [3.63, 3.8) is 0 Å². The third-order valence-electron chi connectivity index (χ3n) is 2.73. The van der Waals surface area contributed by atoms with Crippen LogP contribution in [0.25, 0.3) is 10.9 Å². The summed E-state index contributed by atoms with van der Waals surface area (Å²) in [7, 11) is 0. The van der Waals surface area contributed by atoms with Crippen LogP contribution >= 0.6 is 0 Å². The van der Waals surface area contributed by atoms with Crippen molar-refractivity contribution >= 4 is 16.9 Å². The van der Waals surface area contributed by atoms with Gasteiger partial charge in [-0.05, 0) is 30.5 Å². The molecule has 1 aromatic heterocycles. The van der Waals surface area contributed by atoms with Crippen LogP contribution in [0.5, 0.6) is 0 Å². The second-order valence-corrected chi connectivity index (χ2v) is 3.84. The molecule has 4 heteroatoms. The first-order chi connectivity index (χ1) is 7.68. The second kappa shape index (κ2) is 4.37. The smallest absolute Gasteiger partial charge is 0.320 e. The lowest BCUT2D eigenvalue weighted by Crippen LogP contribution is -2.30. The van der Waals surface area contributed by atoms with E-state index in [4.69, 9.17) is 10.8 Å². The van der Waals surface area contributed by atoms with Crippen molar-refractivity contribution in [2.24, 2.45) is 5.73 Å². The zero-order chi connectivity index (χ0) is 11.5. The lowest BCUT2D eigenvalue weighted by Gasteiger charge is -2.07. The van der Waals surface area contributed by atoms with Gasteiger partial charge in [0.15, 0.2) is 0 Å². The highest BCUT2D eigenvalue weighted by molar-refractivity contribution is 5.83. The molecule has 1 unspecified atom stereocenters. The van der Waals surface area contributed by atoms with Gasteiger partial charge < -0.3 is 15.8 Å². The molecule has 0 radical (unpaired) electrons. The van der Waals surface area contributed by atoms with E-state index in [0.29, 0.717) is 12.8 Å². The van der Waals surface area contributed by atoms with Crippen molar-refractivity contribution in [2.45, 2.75) is 18.9 Å². The molecule has 0 aliphatic carbocycles. The van der Waals surface area contributed by atoms with Gasteiger partial charge in [0, 0.05) is 17.1 Å². The van der Waals surface area contributed by atoms with Gasteiger partial charge in [0.2, 0.25) is 0 Å². The zero-order valence-corrected chi connectivity index (χ0v) is 8.81. The largest absolute Gasteiger partial charge is 0.480 e. The summed E-state index contributed by atoms with van der Waals surface area (Å²) in [6.45, 7) is 0. The molecule has 0 aliphatic rings. The van der Waals surface area contributed by atoms with Crippen LogP contribution in [0.4, 0.5) is 0 Å². The van der Waals surface area contributed by atoms with E-state index < -0.39 is 12.0 Å². The fourth-order valence-electron chi connectivity index (χ4n) is 1.80. The quantitative estimate of drug-likeness (QED) is 0.727. The van der Waals surface area contributed by atoms with E-state index in [-0.39, 0.29) is 0 Å². The second-order valence-electron chi connectivity index (χ2n) is 3.84. The Hall–Kier alpha value is -1.81. The Morgan fingerprint density at radius 3 is 3.00 bits per heavy atom. The van der Waals surface area contributed by atoms with Crippen molar-refractivity contribution in [2.75, 3.05) is 0 Å². The Bertz CT molecular complexity index is 504. The lowest BCUT2D eigenvalue weighted by atomic mass is 10.0. The number of nitrogens with one attached hydrogen (secondary N) is 1. The van der Waals surface area contributed by atoms with Gasteiger partial charge in [0.05, 0.1) is 0 Å². The molecule has 1 heterocycles. The van der Waals surface area contributed by atoms with Crippen LogP contribution < -0.4 is 5.73 Å². The van der Waals surface area contributed by atoms with Gasteiger partial charge in [-0.15, -0.1) is 0 Å².